The molecule has 23 heavy (non-hydrogen) atoms. The van der Waals surface area contributed by atoms with Gasteiger partial charge >= 0.3 is 5.97 Å². The molecule has 3 nitrogen and oxygen atoms in total. The maximum atomic E-state index is 12.8. The third kappa shape index (κ3) is 3.00. The second kappa shape index (κ2) is 6.43. The third-order valence-corrected chi connectivity index (χ3v) is 6.12. The van der Waals surface area contributed by atoms with Gasteiger partial charge in [-0.3, -0.25) is 9.78 Å². The van der Waals surface area contributed by atoms with Crippen LogP contribution in [0.2, 0.25) is 0 Å². The molecule has 126 valence electrons. The summed E-state index contributed by atoms with van der Waals surface area (Å²) in [6.07, 6.45) is 7.21. The van der Waals surface area contributed by atoms with E-state index in [1.165, 1.54) is 32.1 Å². The summed E-state index contributed by atoms with van der Waals surface area (Å²) in [4.78, 5) is 17.3. The molecule has 0 aliphatic heterocycles. The Bertz CT molecular complexity index is 573. The van der Waals surface area contributed by atoms with E-state index in [2.05, 4.69) is 11.9 Å². The minimum atomic E-state index is 0. The van der Waals surface area contributed by atoms with Gasteiger partial charge in [0.15, 0.2) is 5.75 Å². The number of carbonyl (C=O) groups excluding carboxylic acids is 1. The topological polar surface area (TPSA) is 39.2 Å². The number of halogens is 1. The van der Waals surface area contributed by atoms with E-state index in [0.717, 1.165) is 29.6 Å². The van der Waals surface area contributed by atoms with Crippen molar-refractivity contribution in [2.45, 2.75) is 52.4 Å². The summed E-state index contributed by atoms with van der Waals surface area (Å²) in [5.74, 6) is 3.75. The molecule has 1 heterocycles. The van der Waals surface area contributed by atoms with Gasteiger partial charge in [-0.1, -0.05) is 6.92 Å². The fraction of sp³-hybridized carbons (Fsp3) is 0.684. The summed E-state index contributed by atoms with van der Waals surface area (Å²) in [6.45, 7) is 4.03. The van der Waals surface area contributed by atoms with Crippen LogP contribution in [-0.2, 0) is 11.2 Å². The van der Waals surface area contributed by atoms with E-state index in [1.807, 2.05) is 19.1 Å². The maximum absolute atomic E-state index is 12.8. The van der Waals surface area contributed by atoms with Crippen LogP contribution in [0, 0.1) is 36.5 Å². The van der Waals surface area contributed by atoms with Crippen molar-refractivity contribution in [1.82, 2.24) is 4.98 Å². The molecule has 0 atom stereocenters. The highest BCUT2D eigenvalue weighted by molar-refractivity contribution is 5.85. The van der Waals surface area contributed by atoms with Crippen molar-refractivity contribution in [2.24, 2.45) is 29.6 Å². The quantitative estimate of drug-likeness (QED) is 0.771. The summed E-state index contributed by atoms with van der Waals surface area (Å²) in [6, 6.07) is 3.84. The molecule has 0 saturated heterocycles. The highest BCUT2D eigenvalue weighted by Gasteiger charge is 2.51. The molecule has 4 saturated carbocycles. The fourth-order valence-corrected chi connectivity index (χ4v) is 5.43. The molecule has 4 fully saturated rings. The smallest absolute Gasteiger partial charge is 0.314 e. The van der Waals surface area contributed by atoms with E-state index in [4.69, 9.17) is 4.74 Å². The molecule has 1 aromatic rings. The number of nitrogens with zero attached hydrogens (tertiary/aromatic N) is 1. The molecule has 0 amide bonds. The SMILES string of the molecule is CCc1nc(C)ccc1OC(=O)C1C2CC3CC(C2)CC1C3.Cl. The second-order valence-electron chi connectivity index (χ2n) is 7.63. The zero-order chi connectivity index (χ0) is 15.3. The van der Waals surface area contributed by atoms with Crippen molar-refractivity contribution in [3.8, 4) is 5.75 Å². The van der Waals surface area contributed by atoms with Gasteiger partial charge in [-0.15, -0.1) is 12.4 Å². The number of aromatic nitrogens is 1. The van der Waals surface area contributed by atoms with Crippen LogP contribution in [0.25, 0.3) is 0 Å². The molecule has 4 bridgehead atoms. The summed E-state index contributed by atoms with van der Waals surface area (Å²) in [5, 5.41) is 0. The Labute approximate surface area is 144 Å². The Morgan fingerprint density at radius 1 is 1.13 bits per heavy atom. The van der Waals surface area contributed by atoms with Gasteiger partial charge in [0.05, 0.1) is 11.6 Å². The lowest BCUT2D eigenvalue weighted by atomic mass is 9.52. The molecule has 0 radical (unpaired) electrons. The van der Waals surface area contributed by atoms with Crippen molar-refractivity contribution in [3.63, 3.8) is 0 Å². The molecule has 0 unspecified atom stereocenters. The third-order valence-electron chi connectivity index (χ3n) is 6.12. The summed E-state index contributed by atoms with van der Waals surface area (Å²) in [7, 11) is 0. The number of carbonyl (C=O) groups is 1. The molecule has 4 aliphatic carbocycles. The first-order valence-electron chi connectivity index (χ1n) is 8.82. The number of rotatable bonds is 3. The number of hydrogen-bond donors (Lipinski definition) is 0. The fourth-order valence-electron chi connectivity index (χ4n) is 5.43. The van der Waals surface area contributed by atoms with Gasteiger partial charge in [-0.05, 0) is 81.3 Å². The predicted octanol–water partition coefficient (Wildman–Crippen LogP) is 4.35. The first-order valence-corrected chi connectivity index (χ1v) is 8.82. The largest absolute Gasteiger partial charge is 0.424 e. The number of pyridine rings is 1. The number of ether oxygens (including phenoxy) is 1. The highest BCUT2D eigenvalue weighted by atomic mass is 35.5. The van der Waals surface area contributed by atoms with Crippen LogP contribution in [0.15, 0.2) is 12.1 Å². The van der Waals surface area contributed by atoms with Crippen molar-refractivity contribution in [1.29, 1.82) is 0 Å². The average molecular weight is 336 g/mol. The molecular formula is C19H26ClNO2. The van der Waals surface area contributed by atoms with Gasteiger partial charge in [0.1, 0.15) is 0 Å². The van der Waals surface area contributed by atoms with E-state index in [1.54, 1.807) is 0 Å². The molecular weight excluding hydrogens is 310 g/mol. The minimum absolute atomic E-state index is 0. The Morgan fingerprint density at radius 3 is 2.30 bits per heavy atom. The number of hydrogen-bond acceptors (Lipinski definition) is 3. The lowest BCUT2D eigenvalue weighted by Gasteiger charge is -2.53. The van der Waals surface area contributed by atoms with Crippen LogP contribution in [0.5, 0.6) is 5.75 Å². The summed E-state index contributed by atoms with van der Waals surface area (Å²) < 4.78 is 5.82. The van der Waals surface area contributed by atoms with E-state index in [-0.39, 0.29) is 24.3 Å². The Kier molecular flexibility index (Phi) is 4.68. The van der Waals surface area contributed by atoms with Crippen molar-refractivity contribution < 1.29 is 9.53 Å². The second-order valence-corrected chi connectivity index (χ2v) is 7.63. The van der Waals surface area contributed by atoms with Crippen LogP contribution in [0.1, 0.15) is 50.4 Å². The lowest BCUT2D eigenvalue weighted by molar-refractivity contribution is -0.152. The van der Waals surface area contributed by atoms with Crippen LogP contribution in [-0.4, -0.2) is 11.0 Å². The van der Waals surface area contributed by atoms with Gasteiger partial charge in [0, 0.05) is 5.69 Å². The van der Waals surface area contributed by atoms with Gasteiger partial charge in [0.25, 0.3) is 0 Å². The van der Waals surface area contributed by atoms with Crippen molar-refractivity contribution in [3.05, 3.63) is 23.5 Å². The first kappa shape index (κ1) is 16.8. The molecule has 4 aliphatic rings. The van der Waals surface area contributed by atoms with E-state index in [0.29, 0.717) is 17.6 Å². The van der Waals surface area contributed by atoms with Gasteiger partial charge in [-0.25, -0.2) is 0 Å². The van der Waals surface area contributed by atoms with Gasteiger partial charge in [0.2, 0.25) is 0 Å². The normalized spacial score (nSPS) is 34.1. The zero-order valence-corrected chi connectivity index (χ0v) is 14.8. The van der Waals surface area contributed by atoms with E-state index in [9.17, 15) is 4.79 Å². The van der Waals surface area contributed by atoms with Crippen LogP contribution < -0.4 is 4.74 Å². The van der Waals surface area contributed by atoms with Gasteiger partial charge in [-0.2, -0.15) is 0 Å². The van der Waals surface area contributed by atoms with Crippen molar-refractivity contribution in [2.75, 3.05) is 0 Å². The molecule has 5 rings (SSSR count). The molecule has 0 aromatic carbocycles. The summed E-state index contributed by atoms with van der Waals surface area (Å²) in [5.41, 5.74) is 1.88. The standard InChI is InChI=1S/C19H25NO2.ClH/c1-3-16-17(5-4-11(2)20-16)22-19(21)18-14-7-12-6-13(9-14)10-15(18)8-12;/h4-5,12-15,18H,3,6-10H2,1-2H3;1H. The molecule has 1 aromatic heterocycles. The first-order chi connectivity index (χ1) is 10.6. The van der Waals surface area contributed by atoms with E-state index >= 15 is 0 Å². The monoisotopic (exact) mass is 335 g/mol. The minimum Gasteiger partial charge on any atom is -0.424 e. The Morgan fingerprint density at radius 2 is 1.74 bits per heavy atom. The predicted molar refractivity (Wildman–Crippen MR) is 91.8 cm³/mol. The van der Waals surface area contributed by atoms with Crippen LogP contribution in [0.3, 0.4) is 0 Å². The highest BCUT2D eigenvalue weighted by Crippen LogP contribution is 2.56. The van der Waals surface area contributed by atoms with Crippen LogP contribution >= 0.6 is 12.4 Å². The van der Waals surface area contributed by atoms with Gasteiger partial charge < -0.3 is 4.74 Å². The number of aryl methyl sites for hydroxylation is 2. The summed E-state index contributed by atoms with van der Waals surface area (Å²) >= 11 is 0. The Balaban J connectivity index is 0.00000156. The van der Waals surface area contributed by atoms with Crippen LogP contribution in [0.4, 0.5) is 0 Å². The Hall–Kier alpha value is -1.09. The number of esters is 1. The van der Waals surface area contributed by atoms with E-state index < -0.39 is 0 Å². The zero-order valence-electron chi connectivity index (χ0n) is 14.0. The average Bonchev–Trinajstić information content (AvgIpc) is 2.48. The molecule has 0 N–H and O–H groups in total. The molecule has 0 spiro atoms. The molecule has 4 heteroatoms. The van der Waals surface area contributed by atoms with Crippen molar-refractivity contribution >= 4 is 18.4 Å². The lowest BCUT2D eigenvalue weighted by Crippen LogP contribution is -2.49. The maximum Gasteiger partial charge on any atom is 0.314 e.